The molecule has 2 fully saturated rings. The number of nitrogens with two attached hydrogens (primary N) is 1. The van der Waals surface area contributed by atoms with Gasteiger partial charge in [0.1, 0.15) is 0 Å². The van der Waals surface area contributed by atoms with E-state index in [2.05, 4.69) is 0 Å². The average molecular weight is 335 g/mol. The van der Waals surface area contributed by atoms with Crippen molar-refractivity contribution in [1.29, 1.82) is 0 Å². The van der Waals surface area contributed by atoms with Crippen LogP contribution in [-0.4, -0.2) is 55.4 Å². The monoisotopic (exact) mass is 334 g/mol. The molecule has 22 heavy (non-hydrogen) atoms. The van der Waals surface area contributed by atoms with E-state index in [-0.39, 0.29) is 42.5 Å². The molecule has 6 heteroatoms. The van der Waals surface area contributed by atoms with Crippen LogP contribution in [0.3, 0.4) is 0 Å². The first kappa shape index (κ1) is 19.7. The number of carbonyl (C=O) groups excluding carboxylic acids is 1. The van der Waals surface area contributed by atoms with Crippen LogP contribution in [0.2, 0.25) is 0 Å². The Labute approximate surface area is 140 Å². The Morgan fingerprint density at radius 1 is 1.27 bits per heavy atom. The largest absolute Gasteiger partial charge is 0.376 e. The number of rotatable bonds is 5. The molecule has 2 N–H and O–H groups in total. The fraction of sp³-hybridized carbons (Fsp3) is 0.938. The zero-order chi connectivity index (χ0) is 15.2. The van der Waals surface area contributed by atoms with Gasteiger partial charge in [-0.1, -0.05) is 6.92 Å². The number of amides is 1. The molecule has 0 bridgehead atoms. The standard InChI is InChI=1S/C16H30N2O3.ClH/c1-12(13(2)17)16(19)18-8-6-14(7-9-18)21-11-15-5-3-4-10-20-15;/h12-15H,3-11,17H2,1-2H3;1H. The van der Waals surface area contributed by atoms with E-state index in [4.69, 9.17) is 15.2 Å². The summed E-state index contributed by atoms with van der Waals surface area (Å²) in [6.45, 7) is 6.95. The van der Waals surface area contributed by atoms with E-state index < -0.39 is 0 Å². The summed E-state index contributed by atoms with van der Waals surface area (Å²) < 4.78 is 11.7. The van der Waals surface area contributed by atoms with Crippen molar-refractivity contribution in [1.82, 2.24) is 4.90 Å². The number of nitrogens with zero attached hydrogens (tertiary/aromatic N) is 1. The highest BCUT2D eigenvalue weighted by atomic mass is 35.5. The summed E-state index contributed by atoms with van der Waals surface area (Å²) in [5, 5.41) is 0. The van der Waals surface area contributed by atoms with E-state index >= 15 is 0 Å². The third-order valence-electron chi connectivity index (χ3n) is 4.72. The maximum absolute atomic E-state index is 12.2. The lowest BCUT2D eigenvalue weighted by atomic mass is 10.00. The number of hydrogen-bond donors (Lipinski definition) is 1. The van der Waals surface area contributed by atoms with Gasteiger partial charge in [0.25, 0.3) is 0 Å². The zero-order valence-corrected chi connectivity index (χ0v) is 14.6. The van der Waals surface area contributed by atoms with Crippen molar-refractivity contribution in [3.8, 4) is 0 Å². The number of halogens is 1. The zero-order valence-electron chi connectivity index (χ0n) is 13.8. The van der Waals surface area contributed by atoms with Crippen LogP contribution < -0.4 is 5.73 Å². The summed E-state index contributed by atoms with van der Waals surface area (Å²) in [5.74, 6) is 0.0807. The van der Waals surface area contributed by atoms with E-state index in [9.17, 15) is 4.79 Å². The SMILES string of the molecule is CC(N)C(C)C(=O)N1CCC(OCC2CCCCO2)CC1.Cl. The fourth-order valence-corrected chi connectivity index (χ4v) is 2.94. The Bertz CT molecular complexity index is 327. The van der Waals surface area contributed by atoms with Gasteiger partial charge in [-0.15, -0.1) is 12.4 Å². The van der Waals surface area contributed by atoms with Gasteiger partial charge in [0.2, 0.25) is 5.91 Å². The van der Waals surface area contributed by atoms with Crippen molar-refractivity contribution < 1.29 is 14.3 Å². The van der Waals surface area contributed by atoms with Crippen molar-refractivity contribution in [3.63, 3.8) is 0 Å². The Kier molecular flexibility index (Phi) is 8.69. The first-order valence-electron chi connectivity index (χ1n) is 8.35. The summed E-state index contributed by atoms with van der Waals surface area (Å²) >= 11 is 0. The molecular formula is C16H31ClN2O3. The molecule has 0 aromatic carbocycles. The van der Waals surface area contributed by atoms with Gasteiger partial charge >= 0.3 is 0 Å². The van der Waals surface area contributed by atoms with E-state index in [1.807, 2.05) is 18.7 Å². The van der Waals surface area contributed by atoms with Gasteiger partial charge in [-0.3, -0.25) is 4.79 Å². The molecule has 5 nitrogen and oxygen atoms in total. The van der Waals surface area contributed by atoms with E-state index in [0.717, 1.165) is 39.0 Å². The van der Waals surface area contributed by atoms with Gasteiger partial charge in [-0.05, 0) is 39.0 Å². The molecule has 0 saturated carbocycles. The van der Waals surface area contributed by atoms with Gasteiger partial charge in [0.15, 0.2) is 0 Å². The molecule has 0 aromatic heterocycles. The van der Waals surface area contributed by atoms with Crippen LogP contribution in [0.25, 0.3) is 0 Å². The number of likely N-dealkylation sites (tertiary alicyclic amines) is 1. The van der Waals surface area contributed by atoms with Gasteiger partial charge in [-0.25, -0.2) is 0 Å². The van der Waals surface area contributed by atoms with Gasteiger partial charge in [-0.2, -0.15) is 0 Å². The van der Waals surface area contributed by atoms with E-state index in [1.165, 1.54) is 12.8 Å². The van der Waals surface area contributed by atoms with Crippen LogP contribution in [0.5, 0.6) is 0 Å². The second-order valence-electron chi connectivity index (χ2n) is 6.49. The molecule has 3 atom stereocenters. The topological polar surface area (TPSA) is 64.8 Å². The van der Waals surface area contributed by atoms with Crippen molar-refractivity contribution in [2.75, 3.05) is 26.3 Å². The van der Waals surface area contributed by atoms with Crippen LogP contribution >= 0.6 is 12.4 Å². The molecule has 130 valence electrons. The quantitative estimate of drug-likeness (QED) is 0.834. The van der Waals surface area contributed by atoms with Crippen LogP contribution in [0.1, 0.15) is 46.0 Å². The molecule has 2 rings (SSSR count). The maximum atomic E-state index is 12.2. The van der Waals surface area contributed by atoms with Gasteiger partial charge < -0.3 is 20.1 Å². The Morgan fingerprint density at radius 3 is 2.50 bits per heavy atom. The molecule has 1 amide bonds. The fourth-order valence-electron chi connectivity index (χ4n) is 2.94. The lowest BCUT2D eigenvalue weighted by Gasteiger charge is -2.35. The highest BCUT2D eigenvalue weighted by Crippen LogP contribution is 2.19. The normalized spacial score (nSPS) is 26.1. The highest BCUT2D eigenvalue weighted by molar-refractivity contribution is 5.85. The molecular weight excluding hydrogens is 304 g/mol. The van der Waals surface area contributed by atoms with Crippen molar-refractivity contribution in [3.05, 3.63) is 0 Å². The van der Waals surface area contributed by atoms with Crippen LogP contribution in [-0.2, 0) is 14.3 Å². The molecule has 0 aliphatic carbocycles. The summed E-state index contributed by atoms with van der Waals surface area (Å²) in [6, 6.07) is -0.0880. The smallest absolute Gasteiger partial charge is 0.226 e. The molecule has 2 heterocycles. The predicted octanol–water partition coefficient (Wildman–Crippen LogP) is 1.97. The van der Waals surface area contributed by atoms with Gasteiger partial charge in [0.05, 0.1) is 24.7 Å². The van der Waals surface area contributed by atoms with Crippen molar-refractivity contribution in [2.45, 2.75) is 64.2 Å². The second kappa shape index (κ2) is 9.71. The minimum absolute atomic E-state index is 0. The maximum Gasteiger partial charge on any atom is 0.226 e. The summed E-state index contributed by atoms with van der Waals surface area (Å²) in [7, 11) is 0. The number of piperidine rings is 1. The van der Waals surface area contributed by atoms with E-state index in [0.29, 0.717) is 6.61 Å². The molecule has 3 unspecified atom stereocenters. The minimum atomic E-state index is -0.0990. The van der Waals surface area contributed by atoms with Gasteiger partial charge in [0, 0.05) is 25.7 Å². The molecule has 0 spiro atoms. The molecule has 2 aliphatic heterocycles. The van der Waals surface area contributed by atoms with E-state index in [1.54, 1.807) is 0 Å². The molecule has 2 aliphatic rings. The minimum Gasteiger partial charge on any atom is -0.376 e. The van der Waals surface area contributed by atoms with Crippen LogP contribution in [0.4, 0.5) is 0 Å². The third kappa shape index (κ3) is 5.69. The Morgan fingerprint density at radius 2 is 1.95 bits per heavy atom. The first-order chi connectivity index (χ1) is 10.1. The Balaban J connectivity index is 0.00000242. The number of ether oxygens (including phenoxy) is 2. The molecule has 0 radical (unpaired) electrons. The van der Waals surface area contributed by atoms with Crippen molar-refractivity contribution in [2.24, 2.45) is 11.7 Å². The number of hydrogen-bond acceptors (Lipinski definition) is 4. The second-order valence-corrected chi connectivity index (χ2v) is 6.49. The molecule has 2 saturated heterocycles. The number of carbonyl (C=O) groups is 1. The Hall–Kier alpha value is -0.360. The first-order valence-corrected chi connectivity index (χ1v) is 8.35. The summed E-state index contributed by atoms with van der Waals surface area (Å²) in [4.78, 5) is 14.2. The average Bonchev–Trinajstić information content (AvgIpc) is 2.53. The van der Waals surface area contributed by atoms with Crippen molar-refractivity contribution >= 4 is 18.3 Å². The molecule has 0 aromatic rings. The van der Waals surface area contributed by atoms with Crippen LogP contribution in [0, 0.1) is 5.92 Å². The summed E-state index contributed by atoms with van der Waals surface area (Å²) in [5.41, 5.74) is 5.82. The third-order valence-corrected chi connectivity index (χ3v) is 4.72. The predicted molar refractivity (Wildman–Crippen MR) is 89.2 cm³/mol. The lowest BCUT2D eigenvalue weighted by molar-refractivity contribution is -0.139. The van der Waals surface area contributed by atoms with Crippen LogP contribution in [0.15, 0.2) is 0 Å². The highest BCUT2D eigenvalue weighted by Gasteiger charge is 2.28. The lowest BCUT2D eigenvalue weighted by Crippen LogP contribution is -2.46. The summed E-state index contributed by atoms with van der Waals surface area (Å²) in [6.07, 6.45) is 5.92.